The summed E-state index contributed by atoms with van der Waals surface area (Å²) in [4.78, 5) is 10.3. The van der Waals surface area contributed by atoms with Gasteiger partial charge in [0.05, 0.1) is 11.9 Å². The fraction of sp³-hybridized carbons (Fsp3) is 0.636. The van der Waals surface area contributed by atoms with Crippen LogP contribution in [0.5, 0.6) is 0 Å². The van der Waals surface area contributed by atoms with E-state index in [0.717, 1.165) is 18.3 Å². The Balaban J connectivity index is 2.25. The lowest BCUT2D eigenvalue weighted by molar-refractivity contribution is 0.637. The number of aromatic nitrogens is 2. The Hall–Kier alpha value is -1.03. The zero-order valence-electron chi connectivity index (χ0n) is 9.65. The number of rotatable bonds is 4. The molecular formula is C11H17ClN4. The van der Waals surface area contributed by atoms with Crippen molar-refractivity contribution in [3.8, 4) is 0 Å². The quantitative estimate of drug-likeness (QED) is 0.821. The molecule has 16 heavy (non-hydrogen) atoms. The zero-order valence-corrected chi connectivity index (χ0v) is 10.4. The van der Waals surface area contributed by atoms with Gasteiger partial charge in [0.2, 0.25) is 5.28 Å². The Morgan fingerprint density at radius 2 is 2.25 bits per heavy atom. The van der Waals surface area contributed by atoms with Crippen molar-refractivity contribution in [1.82, 2.24) is 9.97 Å². The van der Waals surface area contributed by atoms with E-state index in [-0.39, 0.29) is 5.28 Å². The molecule has 0 saturated heterocycles. The molecule has 1 aliphatic rings. The Kier molecular flexibility index (Phi) is 3.19. The van der Waals surface area contributed by atoms with Gasteiger partial charge in [0.1, 0.15) is 0 Å². The van der Waals surface area contributed by atoms with Gasteiger partial charge in [-0.25, -0.2) is 4.98 Å². The smallest absolute Gasteiger partial charge is 0.224 e. The van der Waals surface area contributed by atoms with E-state index in [1.807, 2.05) is 0 Å². The SMILES string of the molecule is CC(C)N(CC1CC1)c1nc(Cl)ncc1N. The lowest BCUT2D eigenvalue weighted by atomic mass is 10.2. The summed E-state index contributed by atoms with van der Waals surface area (Å²) in [6.07, 6.45) is 4.19. The second-order valence-electron chi connectivity index (χ2n) is 4.61. The van der Waals surface area contributed by atoms with Crippen LogP contribution in [0.3, 0.4) is 0 Å². The number of hydrogen-bond acceptors (Lipinski definition) is 4. The number of nitrogens with two attached hydrogens (primary N) is 1. The normalized spacial score (nSPS) is 15.5. The van der Waals surface area contributed by atoms with Gasteiger partial charge in [-0.2, -0.15) is 4.98 Å². The first-order valence-corrected chi connectivity index (χ1v) is 6.00. The highest BCUT2D eigenvalue weighted by Crippen LogP contribution is 2.33. The second kappa shape index (κ2) is 4.45. The highest BCUT2D eigenvalue weighted by atomic mass is 35.5. The van der Waals surface area contributed by atoms with Crippen molar-refractivity contribution in [2.45, 2.75) is 32.7 Å². The molecule has 0 amide bonds. The van der Waals surface area contributed by atoms with Crippen molar-refractivity contribution < 1.29 is 0 Å². The van der Waals surface area contributed by atoms with Gasteiger partial charge in [0, 0.05) is 12.6 Å². The number of nitrogens with zero attached hydrogens (tertiary/aromatic N) is 3. The molecule has 5 heteroatoms. The molecule has 1 aromatic rings. The summed E-state index contributed by atoms with van der Waals surface area (Å²) in [5, 5.41) is 0.255. The average Bonchev–Trinajstić information content (AvgIpc) is 3.02. The number of hydrogen-bond donors (Lipinski definition) is 1. The van der Waals surface area contributed by atoms with Gasteiger partial charge < -0.3 is 10.6 Å². The summed E-state index contributed by atoms with van der Waals surface area (Å²) in [5.41, 5.74) is 6.50. The van der Waals surface area contributed by atoms with E-state index in [0.29, 0.717) is 11.7 Å². The Morgan fingerprint density at radius 1 is 1.56 bits per heavy atom. The average molecular weight is 241 g/mol. The molecule has 1 saturated carbocycles. The molecule has 1 aromatic heterocycles. The first-order valence-electron chi connectivity index (χ1n) is 5.62. The minimum Gasteiger partial charge on any atom is -0.394 e. The summed E-state index contributed by atoms with van der Waals surface area (Å²) < 4.78 is 0. The standard InChI is InChI=1S/C11H17ClN4/c1-7(2)16(6-8-3-4-8)10-9(13)5-14-11(12)15-10/h5,7-8H,3-4,6,13H2,1-2H3. The molecule has 0 unspecified atom stereocenters. The van der Waals surface area contributed by atoms with Crippen molar-refractivity contribution in [3.05, 3.63) is 11.5 Å². The first kappa shape index (κ1) is 11.5. The highest BCUT2D eigenvalue weighted by molar-refractivity contribution is 6.28. The van der Waals surface area contributed by atoms with E-state index in [9.17, 15) is 0 Å². The minimum atomic E-state index is 0.255. The molecule has 0 spiro atoms. The van der Waals surface area contributed by atoms with E-state index < -0.39 is 0 Å². The Morgan fingerprint density at radius 3 is 2.81 bits per heavy atom. The van der Waals surface area contributed by atoms with Gasteiger partial charge in [0.15, 0.2) is 5.82 Å². The molecule has 4 nitrogen and oxygen atoms in total. The van der Waals surface area contributed by atoms with Crippen LogP contribution >= 0.6 is 11.6 Å². The van der Waals surface area contributed by atoms with Crippen LogP contribution < -0.4 is 10.6 Å². The van der Waals surface area contributed by atoms with Gasteiger partial charge in [0.25, 0.3) is 0 Å². The fourth-order valence-electron chi connectivity index (χ4n) is 1.71. The number of nitrogen functional groups attached to an aromatic ring is 1. The van der Waals surface area contributed by atoms with E-state index in [1.54, 1.807) is 6.20 Å². The van der Waals surface area contributed by atoms with Crippen LogP contribution in [-0.2, 0) is 0 Å². The van der Waals surface area contributed by atoms with Gasteiger partial charge in [-0.3, -0.25) is 0 Å². The molecular weight excluding hydrogens is 224 g/mol. The molecule has 88 valence electrons. The Labute approximate surface area is 101 Å². The maximum atomic E-state index is 5.90. The maximum absolute atomic E-state index is 5.90. The van der Waals surface area contributed by atoms with Gasteiger partial charge in [-0.05, 0) is 44.2 Å². The number of halogens is 1. The van der Waals surface area contributed by atoms with Gasteiger partial charge in [-0.1, -0.05) is 0 Å². The molecule has 1 heterocycles. The van der Waals surface area contributed by atoms with Crippen LogP contribution in [0.1, 0.15) is 26.7 Å². The maximum Gasteiger partial charge on any atom is 0.224 e. The van der Waals surface area contributed by atoms with E-state index in [2.05, 4.69) is 28.7 Å². The molecule has 0 aliphatic heterocycles. The third kappa shape index (κ3) is 2.55. The minimum absolute atomic E-state index is 0.255. The third-order valence-electron chi connectivity index (χ3n) is 2.81. The predicted octanol–water partition coefficient (Wildman–Crippen LogP) is 2.34. The highest BCUT2D eigenvalue weighted by Gasteiger charge is 2.27. The molecule has 0 bridgehead atoms. The number of anilines is 2. The molecule has 1 fully saturated rings. The Bertz CT molecular complexity index is 376. The summed E-state index contributed by atoms with van der Waals surface area (Å²) in [6, 6.07) is 0.369. The van der Waals surface area contributed by atoms with Crippen molar-refractivity contribution in [2.75, 3.05) is 17.2 Å². The summed E-state index contributed by atoms with van der Waals surface area (Å²) in [6.45, 7) is 5.28. The van der Waals surface area contributed by atoms with Gasteiger partial charge >= 0.3 is 0 Å². The summed E-state index contributed by atoms with van der Waals surface area (Å²) in [5.74, 6) is 1.55. The van der Waals surface area contributed by atoms with Crippen LogP contribution in [0, 0.1) is 5.92 Å². The second-order valence-corrected chi connectivity index (χ2v) is 4.95. The lowest BCUT2D eigenvalue weighted by Gasteiger charge is -2.28. The van der Waals surface area contributed by atoms with Crippen LogP contribution in [0.25, 0.3) is 0 Å². The lowest BCUT2D eigenvalue weighted by Crippen LogP contribution is -2.34. The van der Waals surface area contributed by atoms with Crippen LogP contribution in [0.15, 0.2) is 6.20 Å². The first-order chi connectivity index (χ1) is 7.58. The largest absolute Gasteiger partial charge is 0.394 e. The topological polar surface area (TPSA) is 55.0 Å². The van der Waals surface area contributed by atoms with Crippen LogP contribution in [0.2, 0.25) is 5.28 Å². The van der Waals surface area contributed by atoms with Crippen molar-refractivity contribution in [1.29, 1.82) is 0 Å². The van der Waals surface area contributed by atoms with Crippen LogP contribution in [0.4, 0.5) is 11.5 Å². The summed E-state index contributed by atoms with van der Waals surface area (Å²) in [7, 11) is 0. The molecule has 1 aliphatic carbocycles. The predicted molar refractivity (Wildman–Crippen MR) is 66.7 cm³/mol. The third-order valence-corrected chi connectivity index (χ3v) is 3.00. The fourth-order valence-corrected chi connectivity index (χ4v) is 1.84. The van der Waals surface area contributed by atoms with E-state index >= 15 is 0 Å². The molecule has 0 aromatic carbocycles. The molecule has 2 N–H and O–H groups in total. The van der Waals surface area contributed by atoms with Crippen molar-refractivity contribution >= 4 is 23.1 Å². The van der Waals surface area contributed by atoms with E-state index in [1.165, 1.54) is 12.8 Å². The monoisotopic (exact) mass is 240 g/mol. The van der Waals surface area contributed by atoms with Gasteiger partial charge in [-0.15, -0.1) is 0 Å². The van der Waals surface area contributed by atoms with Crippen molar-refractivity contribution in [3.63, 3.8) is 0 Å². The molecule has 2 rings (SSSR count). The molecule has 0 atom stereocenters. The van der Waals surface area contributed by atoms with Crippen LogP contribution in [-0.4, -0.2) is 22.6 Å². The van der Waals surface area contributed by atoms with E-state index in [4.69, 9.17) is 17.3 Å². The summed E-state index contributed by atoms with van der Waals surface area (Å²) >= 11 is 5.81. The molecule has 0 radical (unpaired) electrons. The van der Waals surface area contributed by atoms with Crippen molar-refractivity contribution in [2.24, 2.45) is 5.92 Å². The zero-order chi connectivity index (χ0) is 11.7.